The standard InChI is InChI=1S/C27H28O6/c1-30-24-15-13-20(17-26(24)32-3)9-5-7-11-22(28)19-23(29)12-8-6-10-21-14-16-25(31-2)27(18-21)33-4/h5-19,28H,1-4H3/b9-5+,10-6+,11-7+,12-8+,22-19?. The minimum absolute atomic E-state index is 0.148. The zero-order chi connectivity index (χ0) is 24.1. The SMILES string of the molecule is COc1ccc(/C=C/C=C/C(=O)C=C(O)/C=C/C=C/c2ccc(OC)c(OC)c2)cc1OC. The number of hydrogen-bond donors (Lipinski definition) is 1. The van der Waals surface area contributed by atoms with Crippen LogP contribution in [0.3, 0.4) is 0 Å². The summed E-state index contributed by atoms with van der Waals surface area (Å²) in [5, 5.41) is 9.91. The second-order valence-electron chi connectivity index (χ2n) is 6.64. The maximum absolute atomic E-state index is 12.0. The third-order valence-corrected chi connectivity index (χ3v) is 4.43. The summed E-state index contributed by atoms with van der Waals surface area (Å²) in [7, 11) is 6.31. The van der Waals surface area contributed by atoms with Gasteiger partial charge in [-0.25, -0.2) is 0 Å². The highest BCUT2D eigenvalue weighted by molar-refractivity contribution is 5.99. The van der Waals surface area contributed by atoms with Crippen molar-refractivity contribution in [3.05, 3.63) is 95.8 Å². The van der Waals surface area contributed by atoms with E-state index < -0.39 is 0 Å². The van der Waals surface area contributed by atoms with E-state index in [1.807, 2.05) is 42.5 Å². The van der Waals surface area contributed by atoms with Crippen LogP contribution in [0.2, 0.25) is 0 Å². The van der Waals surface area contributed by atoms with Gasteiger partial charge in [0.25, 0.3) is 0 Å². The van der Waals surface area contributed by atoms with E-state index in [1.54, 1.807) is 58.8 Å². The van der Waals surface area contributed by atoms with E-state index in [-0.39, 0.29) is 11.5 Å². The number of carbonyl (C=O) groups excluding carboxylic acids is 1. The average molecular weight is 449 g/mol. The van der Waals surface area contributed by atoms with Gasteiger partial charge in [-0.05, 0) is 47.5 Å². The Hall–Kier alpha value is -4.19. The minimum atomic E-state index is -0.335. The number of ether oxygens (including phenoxy) is 4. The van der Waals surface area contributed by atoms with Crippen LogP contribution in [0, 0.1) is 0 Å². The van der Waals surface area contributed by atoms with Gasteiger partial charge < -0.3 is 24.1 Å². The Morgan fingerprint density at radius 2 is 1.12 bits per heavy atom. The molecule has 0 radical (unpaired) electrons. The average Bonchev–Trinajstić information content (AvgIpc) is 2.84. The predicted molar refractivity (Wildman–Crippen MR) is 131 cm³/mol. The molecule has 0 amide bonds. The highest BCUT2D eigenvalue weighted by Crippen LogP contribution is 2.28. The number of benzene rings is 2. The van der Waals surface area contributed by atoms with Crippen LogP contribution in [0.5, 0.6) is 23.0 Å². The van der Waals surface area contributed by atoms with Gasteiger partial charge in [-0.2, -0.15) is 0 Å². The molecule has 0 bridgehead atoms. The lowest BCUT2D eigenvalue weighted by Crippen LogP contribution is -1.90. The lowest BCUT2D eigenvalue weighted by Gasteiger charge is -2.07. The van der Waals surface area contributed by atoms with Crippen molar-refractivity contribution in [2.45, 2.75) is 0 Å². The molecule has 0 aliphatic carbocycles. The lowest BCUT2D eigenvalue weighted by atomic mass is 10.2. The number of hydrogen-bond acceptors (Lipinski definition) is 6. The van der Waals surface area contributed by atoms with Crippen LogP contribution in [0.4, 0.5) is 0 Å². The quantitative estimate of drug-likeness (QED) is 0.275. The van der Waals surface area contributed by atoms with Crippen molar-refractivity contribution < 1.29 is 28.8 Å². The molecular weight excluding hydrogens is 420 g/mol. The van der Waals surface area contributed by atoms with Crippen LogP contribution in [0.15, 0.2) is 84.7 Å². The third-order valence-electron chi connectivity index (χ3n) is 4.43. The Labute approximate surface area is 194 Å². The Balaban J connectivity index is 1.91. The highest BCUT2D eigenvalue weighted by atomic mass is 16.5. The molecule has 0 heterocycles. The zero-order valence-electron chi connectivity index (χ0n) is 19.1. The van der Waals surface area contributed by atoms with Crippen molar-refractivity contribution in [2.75, 3.05) is 28.4 Å². The van der Waals surface area contributed by atoms with Gasteiger partial charge in [0.15, 0.2) is 28.8 Å². The summed E-state index contributed by atoms with van der Waals surface area (Å²) in [6, 6.07) is 11.0. The maximum atomic E-state index is 12.0. The van der Waals surface area contributed by atoms with E-state index in [1.165, 1.54) is 12.2 Å². The summed E-state index contributed by atoms with van der Waals surface area (Å²) in [4.78, 5) is 12.0. The molecule has 172 valence electrons. The molecule has 0 aromatic heterocycles. The highest BCUT2D eigenvalue weighted by Gasteiger charge is 2.03. The molecule has 0 saturated carbocycles. The molecule has 6 heteroatoms. The molecular formula is C27H28O6. The normalized spacial score (nSPS) is 12.2. The largest absolute Gasteiger partial charge is 0.508 e. The van der Waals surface area contributed by atoms with Gasteiger partial charge in [-0.15, -0.1) is 0 Å². The topological polar surface area (TPSA) is 74.2 Å². The van der Waals surface area contributed by atoms with Gasteiger partial charge in [0.2, 0.25) is 0 Å². The Morgan fingerprint density at radius 3 is 1.58 bits per heavy atom. The van der Waals surface area contributed by atoms with Crippen molar-refractivity contribution in [2.24, 2.45) is 0 Å². The Kier molecular flexibility index (Phi) is 10.1. The van der Waals surface area contributed by atoms with Crippen LogP contribution < -0.4 is 18.9 Å². The van der Waals surface area contributed by atoms with Crippen LogP contribution in [0.25, 0.3) is 12.2 Å². The molecule has 0 fully saturated rings. The summed E-state index contributed by atoms with van der Waals surface area (Å²) < 4.78 is 20.9. The number of rotatable bonds is 11. The van der Waals surface area contributed by atoms with E-state index in [2.05, 4.69) is 0 Å². The summed E-state index contributed by atoms with van der Waals surface area (Å²) in [6.45, 7) is 0. The first-order chi connectivity index (χ1) is 16.0. The van der Waals surface area contributed by atoms with Gasteiger partial charge >= 0.3 is 0 Å². The van der Waals surface area contributed by atoms with Crippen LogP contribution in [0.1, 0.15) is 11.1 Å². The molecule has 2 rings (SSSR count). The van der Waals surface area contributed by atoms with Crippen LogP contribution >= 0.6 is 0 Å². The second-order valence-corrected chi connectivity index (χ2v) is 6.64. The van der Waals surface area contributed by atoms with E-state index in [0.29, 0.717) is 23.0 Å². The van der Waals surface area contributed by atoms with E-state index in [0.717, 1.165) is 17.2 Å². The molecule has 6 nitrogen and oxygen atoms in total. The molecule has 33 heavy (non-hydrogen) atoms. The first kappa shape index (κ1) is 25.1. The maximum Gasteiger partial charge on any atom is 0.182 e. The molecule has 2 aromatic carbocycles. The number of aliphatic hydroxyl groups excluding tert-OH is 1. The Bertz CT molecular complexity index is 1090. The molecule has 0 aliphatic heterocycles. The summed E-state index contributed by atoms with van der Waals surface area (Å²) in [5.74, 6) is 2.07. The fourth-order valence-electron chi connectivity index (χ4n) is 2.79. The first-order valence-corrected chi connectivity index (χ1v) is 10.1. The molecule has 0 spiro atoms. The predicted octanol–water partition coefficient (Wildman–Crippen LogP) is 5.57. The van der Waals surface area contributed by atoms with Crippen molar-refractivity contribution in [1.82, 2.24) is 0 Å². The van der Waals surface area contributed by atoms with Gasteiger partial charge in [-0.3, -0.25) is 4.79 Å². The Morgan fingerprint density at radius 1 is 0.667 bits per heavy atom. The molecule has 0 unspecified atom stereocenters. The van der Waals surface area contributed by atoms with E-state index in [9.17, 15) is 9.90 Å². The van der Waals surface area contributed by atoms with Crippen LogP contribution in [-0.4, -0.2) is 39.3 Å². The van der Waals surface area contributed by atoms with Gasteiger partial charge in [0.05, 0.1) is 28.4 Å². The minimum Gasteiger partial charge on any atom is -0.508 e. The lowest BCUT2D eigenvalue weighted by molar-refractivity contribution is -0.110. The summed E-state index contributed by atoms with van der Waals surface area (Å²) >= 11 is 0. The van der Waals surface area contributed by atoms with E-state index >= 15 is 0 Å². The number of aliphatic hydroxyl groups is 1. The van der Waals surface area contributed by atoms with Gasteiger partial charge in [-0.1, -0.05) is 48.6 Å². The van der Waals surface area contributed by atoms with Crippen LogP contribution in [-0.2, 0) is 4.79 Å². The van der Waals surface area contributed by atoms with E-state index in [4.69, 9.17) is 18.9 Å². The van der Waals surface area contributed by atoms with Crippen molar-refractivity contribution in [3.8, 4) is 23.0 Å². The zero-order valence-corrected chi connectivity index (χ0v) is 19.1. The molecule has 0 atom stereocenters. The monoisotopic (exact) mass is 448 g/mol. The summed E-state index contributed by atoms with van der Waals surface area (Å²) in [6.07, 6.45) is 14.3. The number of allylic oxidation sites excluding steroid dienone is 7. The second kappa shape index (κ2) is 13.3. The molecule has 0 aliphatic rings. The molecule has 0 saturated heterocycles. The fourth-order valence-corrected chi connectivity index (χ4v) is 2.79. The van der Waals surface area contributed by atoms with Gasteiger partial charge in [0, 0.05) is 6.08 Å². The van der Waals surface area contributed by atoms with Crippen molar-refractivity contribution in [3.63, 3.8) is 0 Å². The number of ketones is 1. The first-order valence-electron chi connectivity index (χ1n) is 10.1. The molecule has 2 aromatic rings. The smallest absolute Gasteiger partial charge is 0.182 e. The molecule has 1 N–H and O–H groups in total. The number of methoxy groups -OCH3 is 4. The summed E-state index contributed by atoms with van der Waals surface area (Å²) in [5.41, 5.74) is 1.80. The fraction of sp³-hybridized carbons (Fsp3) is 0.148. The third kappa shape index (κ3) is 8.10. The van der Waals surface area contributed by atoms with Gasteiger partial charge in [0.1, 0.15) is 5.76 Å². The van der Waals surface area contributed by atoms with Crippen molar-refractivity contribution >= 4 is 17.9 Å². The van der Waals surface area contributed by atoms with Crippen molar-refractivity contribution in [1.29, 1.82) is 0 Å². The number of carbonyl (C=O) groups is 1.